The molecule has 0 saturated carbocycles. The molecule has 4 amide bonds. The van der Waals surface area contributed by atoms with Crippen molar-refractivity contribution < 1.29 is 109 Å². The number of nitrogens with zero attached hydrogens (tertiary/aromatic N) is 3. The lowest BCUT2D eigenvalue weighted by Gasteiger charge is -2.37. The molecule has 8 aromatic rings. The van der Waals surface area contributed by atoms with Crippen LogP contribution in [0.2, 0.25) is 0 Å². The summed E-state index contributed by atoms with van der Waals surface area (Å²) in [5.74, 6) is -9.09. The van der Waals surface area contributed by atoms with Crippen LogP contribution >= 0.6 is 11.3 Å². The molecule has 0 aliphatic rings. The Morgan fingerprint density at radius 2 is 0.868 bits per heavy atom. The van der Waals surface area contributed by atoms with E-state index in [4.69, 9.17) is 4.74 Å². The lowest BCUT2D eigenvalue weighted by molar-refractivity contribution is -0.275. The van der Waals surface area contributed by atoms with Crippen LogP contribution in [0.3, 0.4) is 0 Å². The molecule has 6 aromatic carbocycles. The first-order valence-electron chi connectivity index (χ1n) is 25.9. The Kier molecular flexibility index (Phi) is 21.1. The van der Waals surface area contributed by atoms with E-state index in [-0.39, 0.29) is 53.5 Å². The summed E-state index contributed by atoms with van der Waals surface area (Å²) in [7, 11) is 1.09. The van der Waals surface area contributed by atoms with E-state index in [0.29, 0.717) is 29.4 Å². The van der Waals surface area contributed by atoms with Gasteiger partial charge in [0.25, 0.3) is 11.9 Å². The molecular formula is C58H46F14N8O10S. The minimum absolute atomic E-state index is 0.00245. The fourth-order valence-corrected chi connectivity index (χ4v) is 9.86. The number of ether oxygens (including phenoxy) is 6. The van der Waals surface area contributed by atoms with Crippen molar-refractivity contribution in [2.75, 3.05) is 24.4 Å². The van der Waals surface area contributed by atoms with Crippen LogP contribution in [-0.4, -0.2) is 83.3 Å². The van der Waals surface area contributed by atoms with Gasteiger partial charge in [-0.3, -0.25) is 15.7 Å². The lowest BCUT2D eigenvalue weighted by Crippen LogP contribution is -2.50. The molecule has 0 saturated heterocycles. The average Bonchev–Trinajstić information content (AvgIpc) is 1.64. The maximum atomic E-state index is 14.4. The second-order valence-corrected chi connectivity index (χ2v) is 19.9. The Morgan fingerprint density at radius 1 is 0.495 bits per heavy atom. The Bertz CT molecular complexity index is 3690. The molecule has 18 nitrogen and oxygen atoms in total. The van der Waals surface area contributed by atoms with Crippen molar-refractivity contribution in [3.8, 4) is 23.0 Å². The summed E-state index contributed by atoms with van der Waals surface area (Å²) in [5.41, 5.74) is -3.95. The van der Waals surface area contributed by atoms with Gasteiger partial charge in [-0.2, -0.15) is 13.8 Å². The molecule has 0 unspecified atom stereocenters. The Labute approximate surface area is 508 Å². The van der Waals surface area contributed by atoms with Crippen LogP contribution in [0.25, 0.3) is 0 Å². The number of carbonyl (C=O) groups excluding carboxylic acids is 4. The number of methoxy groups -OCH3 is 1. The molecular weight excluding hydrogens is 1270 g/mol. The van der Waals surface area contributed by atoms with Gasteiger partial charge in [-0.15, -0.1) is 57.8 Å². The largest absolute Gasteiger partial charge is 0.573 e. The van der Waals surface area contributed by atoms with Gasteiger partial charge in [0.15, 0.2) is 5.13 Å². The average molecular weight is 1310 g/mol. The smallest absolute Gasteiger partial charge is 0.463 e. The molecule has 0 fully saturated rings. The van der Waals surface area contributed by atoms with Crippen LogP contribution in [0.1, 0.15) is 73.2 Å². The molecule has 5 N–H and O–H groups in total. The molecule has 2 heterocycles. The number of halogens is 14. The van der Waals surface area contributed by atoms with E-state index in [1.807, 2.05) is 0 Å². The number of nitrogens with one attached hydrogen (secondary N) is 5. The highest BCUT2D eigenvalue weighted by atomic mass is 32.1. The van der Waals surface area contributed by atoms with Gasteiger partial charge in [-0.25, -0.2) is 24.2 Å². The molecule has 8 rings (SSSR count). The number of hydrogen-bond donors (Lipinski definition) is 5. The number of rotatable bonds is 20. The summed E-state index contributed by atoms with van der Waals surface area (Å²) in [6.07, 6.45) is -20.8. The Morgan fingerprint density at radius 3 is 1.21 bits per heavy atom. The van der Waals surface area contributed by atoms with E-state index in [2.05, 4.69) is 65.1 Å². The van der Waals surface area contributed by atoms with Crippen molar-refractivity contribution >= 4 is 46.4 Å². The highest BCUT2D eigenvalue weighted by molar-refractivity contribution is 7.17. The van der Waals surface area contributed by atoms with Crippen molar-refractivity contribution in [3.05, 3.63) is 208 Å². The van der Waals surface area contributed by atoms with E-state index >= 15 is 0 Å². The van der Waals surface area contributed by atoms with Crippen LogP contribution in [0.15, 0.2) is 158 Å². The van der Waals surface area contributed by atoms with Crippen LogP contribution in [-0.2, 0) is 39.3 Å². The maximum Gasteiger partial charge on any atom is 0.573 e. The minimum Gasteiger partial charge on any atom is -0.463 e. The summed E-state index contributed by atoms with van der Waals surface area (Å²) < 4.78 is 212. The maximum absolute atomic E-state index is 14.4. The second kappa shape index (κ2) is 28.1. The predicted molar refractivity (Wildman–Crippen MR) is 294 cm³/mol. The van der Waals surface area contributed by atoms with E-state index < -0.39 is 105 Å². The number of urea groups is 2. The highest BCUT2D eigenvalue weighted by Crippen LogP contribution is 2.42. The summed E-state index contributed by atoms with van der Waals surface area (Å²) in [6.45, 7) is 1.78. The van der Waals surface area contributed by atoms with Crippen molar-refractivity contribution in [1.82, 2.24) is 30.8 Å². The molecule has 0 aliphatic heterocycles. The first kappa shape index (κ1) is 68.3. The van der Waals surface area contributed by atoms with Crippen LogP contribution < -0.4 is 40.2 Å². The van der Waals surface area contributed by atoms with Crippen molar-refractivity contribution in [2.24, 2.45) is 0 Å². The topological polar surface area (TPSA) is 226 Å². The number of aromatic nitrogens is 4. The molecule has 482 valence electrons. The summed E-state index contributed by atoms with van der Waals surface area (Å²) in [6, 6.07) is 32.2. The standard InChI is InChI=1S/C31H25F8N3O5S.C27H21F6N5O5/c1-3-45-25(43)23-24(28(2,32)33)40-27(48-23)41-26(44)42-29(17-18-9-5-4-6-10-18,19-11-7-13-21(15-19)46-30(34,35)36)20-12-8-14-22(16-20)47-31(37,38)39;1-41-22(39)21-34-23(38-37-21)35-24(40)36-25(15-16-7-3-2-4-8-16,17-9-5-11-19(13-17)42-26(28,29)30)18-10-6-12-20(14-18)43-27(31,32)33/h4-16H,3,17H2,1-2H3,(H2,40,41,42,44);2-14H,15H2,1H3,(H3,34,35,36,37,38,40). The lowest BCUT2D eigenvalue weighted by atomic mass is 9.77. The second-order valence-electron chi connectivity index (χ2n) is 18.9. The van der Waals surface area contributed by atoms with Crippen LogP contribution in [0.4, 0.5) is 82.1 Å². The van der Waals surface area contributed by atoms with Gasteiger partial charge in [0.2, 0.25) is 5.82 Å². The molecule has 33 heteroatoms. The molecule has 0 atom stereocenters. The summed E-state index contributed by atoms with van der Waals surface area (Å²) >= 11 is 0.374. The highest BCUT2D eigenvalue weighted by Gasteiger charge is 2.43. The minimum atomic E-state index is -5.12. The summed E-state index contributed by atoms with van der Waals surface area (Å²) in [4.78, 5) is 58.0. The SMILES string of the molecule is CCOC(=O)c1sc(NC(=O)NC(Cc2ccccc2)(c2cccc(OC(F)(F)F)c2)c2cccc(OC(F)(F)F)c2)nc1C(C)(F)F.COC(=O)c1nc(NC(=O)NC(Cc2ccccc2)(c2cccc(OC(F)(F)F)c2)c2cccc(OC(F)(F)F)c2)n[nH]1. The first-order valence-corrected chi connectivity index (χ1v) is 26.7. The number of carbonyl (C=O) groups is 4. The van der Waals surface area contributed by atoms with Crippen LogP contribution in [0, 0.1) is 0 Å². The Balaban J connectivity index is 0.000000260. The quantitative estimate of drug-likeness (QED) is 0.0354. The first-order chi connectivity index (χ1) is 42.6. The third-order valence-corrected chi connectivity index (χ3v) is 13.3. The van der Waals surface area contributed by atoms with Crippen molar-refractivity contribution in [3.63, 3.8) is 0 Å². The monoisotopic (exact) mass is 1310 g/mol. The van der Waals surface area contributed by atoms with Gasteiger partial charge < -0.3 is 39.1 Å². The fourth-order valence-electron chi connectivity index (χ4n) is 8.92. The van der Waals surface area contributed by atoms with E-state index in [1.165, 1.54) is 55.5 Å². The molecule has 0 aliphatic carbocycles. The number of anilines is 2. The number of esters is 2. The van der Waals surface area contributed by atoms with Crippen molar-refractivity contribution in [1.29, 1.82) is 0 Å². The number of alkyl halides is 14. The fraction of sp³-hybridized carbons (Fsp3) is 0.224. The van der Waals surface area contributed by atoms with Crippen molar-refractivity contribution in [2.45, 2.75) is 69.1 Å². The van der Waals surface area contributed by atoms with Gasteiger partial charge in [0.05, 0.1) is 24.8 Å². The number of thiazole rings is 1. The molecule has 91 heavy (non-hydrogen) atoms. The van der Waals surface area contributed by atoms with Gasteiger partial charge in [0, 0.05) is 19.8 Å². The van der Waals surface area contributed by atoms with Crippen LogP contribution in [0.5, 0.6) is 23.0 Å². The number of hydrogen-bond acceptors (Lipinski definition) is 14. The van der Waals surface area contributed by atoms with Gasteiger partial charge in [0.1, 0.15) is 33.6 Å². The Hall–Kier alpha value is -10.2. The third kappa shape index (κ3) is 19.4. The molecule has 0 spiro atoms. The van der Waals surface area contributed by atoms with Gasteiger partial charge in [-0.05, 0) is 88.8 Å². The van der Waals surface area contributed by atoms with E-state index in [0.717, 1.165) is 55.6 Å². The predicted octanol–water partition coefficient (Wildman–Crippen LogP) is 14.2. The molecule has 2 aromatic heterocycles. The zero-order chi connectivity index (χ0) is 66.6. The number of amides is 4. The van der Waals surface area contributed by atoms with Gasteiger partial charge in [-0.1, -0.05) is 121 Å². The zero-order valence-electron chi connectivity index (χ0n) is 46.8. The summed E-state index contributed by atoms with van der Waals surface area (Å²) in [5, 5.41) is 15.3. The van der Waals surface area contributed by atoms with E-state index in [9.17, 15) is 80.6 Å². The van der Waals surface area contributed by atoms with Gasteiger partial charge >= 0.3 is 49.5 Å². The number of H-pyrrole nitrogens is 1. The number of benzene rings is 6. The molecule has 0 radical (unpaired) electrons. The number of aromatic amines is 1. The molecule has 0 bridgehead atoms. The van der Waals surface area contributed by atoms with E-state index in [1.54, 1.807) is 60.7 Å². The normalized spacial score (nSPS) is 12.1. The third-order valence-electron chi connectivity index (χ3n) is 12.3. The zero-order valence-corrected chi connectivity index (χ0v) is 47.6.